The van der Waals surface area contributed by atoms with Gasteiger partial charge < -0.3 is 15.5 Å². The molecule has 0 atom stereocenters. The Kier molecular flexibility index (Phi) is 5.44. The predicted octanol–water partition coefficient (Wildman–Crippen LogP) is 2.74. The fraction of sp³-hybridized carbons (Fsp3) is 0.190. The van der Waals surface area contributed by atoms with Crippen LogP contribution in [-0.2, 0) is 0 Å². The number of nitro groups is 1. The van der Waals surface area contributed by atoms with Crippen molar-refractivity contribution in [2.75, 3.05) is 36.8 Å². The molecule has 2 heterocycles. The lowest BCUT2D eigenvalue weighted by atomic mass is 10.1. The number of nitro benzene ring substituents is 1. The molecule has 1 saturated heterocycles. The van der Waals surface area contributed by atoms with Gasteiger partial charge in [-0.25, -0.2) is 14.4 Å². The summed E-state index contributed by atoms with van der Waals surface area (Å²) in [5.41, 5.74) is 5.53. The quantitative estimate of drug-likeness (QED) is 0.390. The largest absolute Gasteiger partial charge is 0.393 e. The Morgan fingerprint density at radius 2 is 1.81 bits per heavy atom. The molecule has 1 aliphatic heterocycles. The van der Waals surface area contributed by atoms with Crippen molar-refractivity contribution in [1.29, 1.82) is 0 Å². The van der Waals surface area contributed by atoms with Crippen LogP contribution in [0.1, 0.15) is 10.4 Å². The third-order valence-electron chi connectivity index (χ3n) is 5.11. The molecule has 1 fully saturated rings. The highest BCUT2D eigenvalue weighted by atomic mass is 19.1. The fourth-order valence-electron chi connectivity index (χ4n) is 3.49. The van der Waals surface area contributed by atoms with E-state index in [1.165, 1.54) is 4.90 Å². The number of carbonyl (C=O) groups is 1. The van der Waals surface area contributed by atoms with Crippen molar-refractivity contribution in [3.63, 3.8) is 0 Å². The number of aromatic nitrogens is 2. The maximum Gasteiger partial charge on any atom is 0.295 e. The Morgan fingerprint density at radius 1 is 1.10 bits per heavy atom. The summed E-state index contributed by atoms with van der Waals surface area (Å²) in [4.78, 5) is 35.6. The third-order valence-corrected chi connectivity index (χ3v) is 5.11. The lowest BCUT2D eigenvalue weighted by Crippen LogP contribution is -2.49. The number of nitrogen functional groups attached to an aromatic ring is 1. The van der Waals surface area contributed by atoms with E-state index in [1.807, 2.05) is 35.2 Å². The highest BCUT2D eigenvalue weighted by molar-refractivity contribution is 6.01. The summed E-state index contributed by atoms with van der Waals surface area (Å²) in [6.07, 6.45) is 1.69. The zero-order chi connectivity index (χ0) is 22.0. The molecule has 1 amide bonds. The van der Waals surface area contributed by atoms with Gasteiger partial charge in [0.1, 0.15) is 17.3 Å². The van der Waals surface area contributed by atoms with Crippen LogP contribution >= 0.6 is 0 Å². The minimum absolute atomic E-state index is 0.200. The van der Waals surface area contributed by atoms with Crippen LogP contribution in [0.5, 0.6) is 0 Å². The molecule has 0 unspecified atom stereocenters. The summed E-state index contributed by atoms with van der Waals surface area (Å²) in [7, 11) is 0. The minimum Gasteiger partial charge on any atom is -0.393 e. The number of anilines is 2. The average molecular weight is 422 g/mol. The van der Waals surface area contributed by atoms with Crippen LogP contribution in [0.15, 0.2) is 54.7 Å². The van der Waals surface area contributed by atoms with Gasteiger partial charge in [0.05, 0.1) is 16.6 Å². The predicted molar refractivity (Wildman–Crippen MR) is 113 cm³/mol. The highest BCUT2D eigenvalue weighted by Crippen LogP contribution is 2.28. The summed E-state index contributed by atoms with van der Waals surface area (Å²) < 4.78 is 13.8. The molecule has 9 nitrogen and oxygen atoms in total. The normalized spacial score (nSPS) is 13.8. The number of rotatable bonds is 4. The minimum atomic E-state index is -0.877. The molecule has 10 heteroatoms. The molecule has 2 aromatic carbocycles. The first kappa shape index (κ1) is 20.2. The van der Waals surface area contributed by atoms with E-state index in [4.69, 9.17) is 5.73 Å². The molecule has 1 aliphatic rings. The molecule has 0 radical (unpaired) electrons. The Balaban J connectivity index is 1.49. The van der Waals surface area contributed by atoms with Gasteiger partial charge in [0.25, 0.3) is 11.6 Å². The van der Waals surface area contributed by atoms with Crippen molar-refractivity contribution >= 4 is 23.1 Å². The zero-order valence-electron chi connectivity index (χ0n) is 16.4. The van der Waals surface area contributed by atoms with Gasteiger partial charge in [0, 0.05) is 37.9 Å². The van der Waals surface area contributed by atoms with Gasteiger partial charge in [0.2, 0.25) is 0 Å². The second-order valence-corrected chi connectivity index (χ2v) is 7.03. The molecule has 158 valence electrons. The van der Waals surface area contributed by atoms with Gasteiger partial charge >= 0.3 is 0 Å². The van der Waals surface area contributed by atoms with Crippen molar-refractivity contribution in [2.24, 2.45) is 0 Å². The number of benzene rings is 2. The van der Waals surface area contributed by atoms with Crippen LogP contribution in [-0.4, -0.2) is 51.9 Å². The number of carbonyl (C=O) groups excluding carboxylic acids is 1. The van der Waals surface area contributed by atoms with Gasteiger partial charge in [0.15, 0.2) is 5.82 Å². The molecule has 0 spiro atoms. The van der Waals surface area contributed by atoms with Crippen molar-refractivity contribution in [1.82, 2.24) is 14.9 Å². The topological polar surface area (TPSA) is 118 Å². The van der Waals surface area contributed by atoms with Crippen molar-refractivity contribution < 1.29 is 14.1 Å². The summed E-state index contributed by atoms with van der Waals surface area (Å²) in [6.45, 7) is 1.67. The monoisotopic (exact) mass is 422 g/mol. The Hall–Kier alpha value is -4.08. The SMILES string of the molecule is Nc1c(C(=O)N2CCN(c3ccnc(-c4ccccc4)n3)CC2)cc(F)cc1[N+](=O)[O-]. The molecule has 0 saturated carbocycles. The number of piperazine rings is 1. The second-order valence-electron chi connectivity index (χ2n) is 7.03. The molecule has 1 aromatic heterocycles. The van der Waals surface area contributed by atoms with Gasteiger partial charge in [-0.2, -0.15) is 0 Å². The number of halogens is 1. The average Bonchev–Trinajstić information content (AvgIpc) is 2.80. The van der Waals surface area contributed by atoms with E-state index in [0.29, 0.717) is 38.1 Å². The van der Waals surface area contributed by atoms with E-state index < -0.39 is 22.3 Å². The number of nitrogens with zero attached hydrogens (tertiary/aromatic N) is 5. The number of amides is 1. The molecular formula is C21H19FN6O3. The van der Waals surface area contributed by atoms with Crippen LogP contribution < -0.4 is 10.6 Å². The molecule has 0 bridgehead atoms. The Labute approximate surface area is 177 Å². The van der Waals surface area contributed by atoms with Gasteiger partial charge in [-0.15, -0.1) is 0 Å². The van der Waals surface area contributed by atoms with E-state index >= 15 is 0 Å². The Bertz CT molecular complexity index is 1130. The van der Waals surface area contributed by atoms with Crippen LogP contribution in [0, 0.1) is 15.9 Å². The molecular weight excluding hydrogens is 403 g/mol. The number of nitrogens with two attached hydrogens (primary N) is 1. The zero-order valence-corrected chi connectivity index (χ0v) is 16.4. The van der Waals surface area contributed by atoms with E-state index in [9.17, 15) is 19.3 Å². The van der Waals surface area contributed by atoms with E-state index in [-0.39, 0.29) is 11.3 Å². The first-order chi connectivity index (χ1) is 14.9. The first-order valence-electron chi connectivity index (χ1n) is 9.60. The maximum absolute atomic E-state index is 13.8. The molecule has 2 N–H and O–H groups in total. The smallest absolute Gasteiger partial charge is 0.295 e. The molecule has 31 heavy (non-hydrogen) atoms. The fourth-order valence-corrected chi connectivity index (χ4v) is 3.49. The van der Waals surface area contributed by atoms with E-state index in [0.717, 1.165) is 17.4 Å². The second kappa shape index (κ2) is 8.34. The van der Waals surface area contributed by atoms with E-state index in [2.05, 4.69) is 9.97 Å². The van der Waals surface area contributed by atoms with Crippen LogP contribution in [0.2, 0.25) is 0 Å². The summed E-state index contributed by atoms with van der Waals surface area (Å²) in [6, 6.07) is 13.1. The lowest BCUT2D eigenvalue weighted by Gasteiger charge is -2.35. The summed E-state index contributed by atoms with van der Waals surface area (Å²) >= 11 is 0. The van der Waals surface area contributed by atoms with Gasteiger partial charge in [-0.3, -0.25) is 14.9 Å². The Morgan fingerprint density at radius 3 is 2.48 bits per heavy atom. The van der Waals surface area contributed by atoms with Crippen molar-refractivity contribution in [3.05, 3.63) is 76.2 Å². The first-order valence-corrected chi connectivity index (χ1v) is 9.60. The molecule has 3 aromatic rings. The van der Waals surface area contributed by atoms with Crippen molar-refractivity contribution in [3.8, 4) is 11.4 Å². The van der Waals surface area contributed by atoms with Gasteiger partial charge in [-0.05, 0) is 12.1 Å². The van der Waals surface area contributed by atoms with E-state index in [1.54, 1.807) is 12.3 Å². The lowest BCUT2D eigenvalue weighted by molar-refractivity contribution is -0.384. The highest BCUT2D eigenvalue weighted by Gasteiger charge is 2.28. The van der Waals surface area contributed by atoms with Crippen molar-refractivity contribution in [2.45, 2.75) is 0 Å². The number of hydrogen-bond donors (Lipinski definition) is 1. The van der Waals surface area contributed by atoms with Crippen LogP contribution in [0.4, 0.5) is 21.6 Å². The molecule has 4 rings (SSSR count). The number of hydrogen-bond acceptors (Lipinski definition) is 7. The summed E-state index contributed by atoms with van der Waals surface area (Å²) in [5.74, 6) is -0.0666. The van der Waals surface area contributed by atoms with Crippen LogP contribution in [0.3, 0.4) is 0 Å². The third kappa shape index (κ3) is 4.13. The molecule has 0 aliphatic carbocycles. The maximum atomic E-state index is 13.8. The van der Waals surface area contributed by atoms with Gasteiger partial charge in [-0.1, -0.05) is 30.3 Å². The summed E-state index contributed by atoms with van der Waals surface area (Å²) in [5, 5.41) is 11.1. The van der Waals surface area contributed by atoms with Crippen LogP contribution in [0.25, 0.3) is 11.4 Å². The standard InChI is InChI=1S/C21H19FN6O3/c22-15-12-16(19(23)17(13-15)28(30)31)21(29)27-10-8-26(9-11-27)18-6-7-24-20(25-18)14-4-2-1-3-5-14/h1-7,12-13H,8-11,23H2.